The number of hydrogen-bond donors (Lipinski definition) is 1. The first-order valence-electron chi connectivity index (χ1n) is 7.17. The summed E-state index contributed by atoms with van der Waals surface area (Å²) in [4.78, 5) is 13.9. The summed E-state index contributed by atoms with van der Waals surface area (Å²) in [6.07, 6.45) is 3.47. The number of anilines is 1. The Morgan fingerprint density at radius 1 is 1.35 bits per heavy atom. The predicted molar refractivity (Wildman–Crippen MR) is 91.3 cm³/mol. The Hall–Kier alpha value is -2.60. The van der Waals surface area contributed by atoms with E-state index in [0.717, 1.165) is 16.2 Å². The van der Waals surface area contributed by atoms with E-state index < -0.39 is 0 Å². The second-order valence-corrected chi connectivity index (χ2v) is 6.43. The molecular weight excluding hydrogens is 310 g/mol. The first kappa shape index (κ1) is 15.3. The number of nitrogens with zero attached hydrogens (tertiary/aromatic N) is 2. The molecule has 3 aromatic rings. The van der Waals surface area contributed by atoms with Crippen LogP contribution in [-0.4, -0.2) is 22.8 Å². The van der Waals surface area contributed by atoms with E-state index in [1.54, 1.807) is 18.0 Å². The van der Waals surface area contributed by atoms with Gasteiger partial charge in [0.2, 0.25) is 0 Å². The molecular formula is C17H17N3O2S. The van der Waals surface area contributed by atoms with Crippen molar-refractivity contribution in [2.75, 3.05) is 12.4 Å². The van der Waals surface area contributed by atoms with Crippen molar-refractivity contribution in [3.05, 3.63) is 64.1 Å². The van der Waals surface area contributed by atoms with Crippen molar-refractivity contribution in [1.82, 2.24) is 9.78 Å². The van der Waals surface area contributed by atoms with Gasteiger partial charge < -0.3 is 10.1 Å². The van der Waals surface area contributed by atoms with Crippen molar-refractivity contribution >= 4 is 22.9 Å². The molecule has 23 heavy (non-hydrogen) atoms. The lowest BCUT2D eigenvalue weighted by molar-refractivity contribution is 0.103. The van der Waals surface area contributed by atoms with E-state index in [9.17, 15) is 4.79 Å². The minimum absolute atomic E-state index is 0.107. The lowest BCUT2D eigenvalue weighted by Crippen LogP contribution is -2.09. The Balaban J connectivity index is 1.67. The second-order valence-electron chi connectivity index (χ2n) is 5.14. The number of benzene rings is 1. The first-order chi connectivity index (χ1) is 11.1. The van der Waals surface area contributed by atoms with E-state index in [2.05, 4.69) is 10.4 Å². The molecule has 3 rings (SSSR count). The molecule has 0 aliphatic carbocycles. The first-order valence-corrected chi connectivity index (χ1v) is 7.99. The van der Waals surface area contributed by atoms with Crippen molar-refractivity contribution < 1.29 is 9.53 Å². The number of thiophene rings is 1. The van der Waals surface area contributed by atoms with E-state index in [1.165, 1.54) is 11.3 Å². The van der Waals surface area contributed by atoms with Crippen molar-refractivity contribution in [2.45, 2.75) is 13.5 Å². The van der Waals surface area contributed by atoms with Gasteiger partial charge in [-0.25, -0.2) is 0 Å². The van der Waals surface area contributed by atoms with Gasteiger partial charge >= 0.3 is 0 Å². The monoisotopic (exact) mass is 327 g/mol. The second kappa shape index (κ2) is 6.66. The van der Waals surface area contributed by atoms with Crippen LogP contribution in [0.25, 0.3) is 0 Å². The molecule has 0 spiro atoms. The fourth-order valence-corrected chi connectivity index (χ4v) is 2.98. The van der Waals surface area contributed by atoms with E-state index in [0.29, 0.717) is 17.1 Å². The largest absolute Gasteiger partial charge is 0.497 e. The van der Waals surface area contributed by atoms with Crippen LogP contribution in [0.5, 0.6) is 5.75 Å². The highest BCUT2D eigenvalue weighted by Crippen LogP contribution is 2.18. The van der Waals surface area contributed by atoms with Gasteiger partial charge in [-0.15, -0.1) is 11.3 Å². The molecule has 0 unspecified atom stereocenters. The molecule has 1 aromatic carbocycles. The third-order valence-corrected chi connectivity index (χ3v) is 4.33. The number of carbonyl (C=O) groups is 1. The van der Waals surface area contributed by atoms with Crippen molar-refractivity contribution in [3.8, 4) is 5.75 Å². The zero-order valence-corrected chi connectivity index (χ0v) is 13.8. The fourth-order valence-electron chi connectivity index (χ4n) is 2.22. The molecule has 2 aromatic heterocycles. The van der Waals surface area contributed by atoms with Gasteiger partial charge in [0.1, 0.15) is 5.75 Å². The summed E-state index contributed by atoms with van der Waals surface area (Å²) in [5.74, 6) is 0.709. The Morgan fingerprint density at radius 2 is 2.22 bits per heavy atom. The molecule has 2 heterocycles. The number of nitrogens with one attached hydrogen (secondary N) is 1. The number of methoxy groups -OCH3 is 1. The Bertz CT molecular complexity index is 823. The number of aromatic nitrogens is 2. The number of carbonyl (C=O) groups excluding carboxylic acids is 1. The molecule has 0 radical (unpaired) electrons. The van der Waals surface area contributed by atoms with Gasteiger partial charge in [-0.3, -0.25) is 9.48 Å². The molecule has 0 saturated heterocycles. The van der Waals surface area contributed by atoms with Crippen LogP contribution in [0, 0.1) is 6.92 Å². The van der Waals surface area contributed by atoms with Gasteiger partial charge in [-0.2, -0.15) is 5.10 Å². The molecule has 118 valence electrons. The van der Waals surface area contributed by atoms with Crippen molar-refractivity contribution in [3.63, 3.8) is 0 Å². The predicted octanol–water partition coefficient (Wildman–Crippen LogP) is 3.56. The van der Waals surface area contributed by atoms with Crippen LogP contribution in [0.1, 0.15) is 20.1 Å². The molecule has 5 nitrogen and oxygen atoms in total. The minimum Gasteiger partial charge on any atom is -0.497 e. The van der Waals surface area contributed by atoms with Gasteiger partial charge in [0.15, 0.2) is 0 Å². The van der Waals surface area contributed by atoms with Crippen LogP contribution in [0.2, 0.25) is 0 Å². The summed E-state index contributed by atoms with van der Waals surface area (Å²) in [6, 6.07) is 11.6. The third-order valence-electron chi connectivity index (χ3n) is 3.33. The van der Waals surface area contributed by atoms with Crippen LogP contribution in [0.4, 0.5) is 5.69 Å². The van der Waals surface area contributed by atoms with Crippen molar-refractivity contribution in [2.24, 2.45) is 0 Å². The minimum atomic E-state index is -0.107. The molecule has 0 fully saturated rings. The Kier molecular flexibility index (Phi) is 4.43. The van der Waals surface area contributed by atoms with Gasteiger partial charge in [-0.05, 0) is 36.8 Å². The smallest absolute Gasteiger partial charge is 0.265 e. The molecule has 0 bridgehead atoms. The lowest BCUT2D eigenvalue weighted by Gasteiger charge is -2.04. The fraction of sp³-hybridized carbons (Fsp3) is 0.176. The van der Waals surface area contributed by atoms with E-state index in [4.69, 9.17) is 4.74 Å². The summed E-state index contributed by atoms with van der Waals surface area (Å²) >= 11 is 1.48. The number of ether oxygens (including phenoxy) is 1. The van der Waals surface area contributed by atoms with Crippen LogP contribution < -0.4 is 10.1 Å². The highest BCUT2D eigenvalue weighted by atomic mass is 32.1. The highest BCUT2D eigenvalue weighted by Gasteiger charge is 2.09. The average molecular weight is 327 g/mol. The molecule has 6 heteroatoms. The maximum Gasteiger partial charge on any atom is 0.265 e. The summed E-state index contributed by atoms with van der Waals surface area (Å²) < 4.78 is 7.00. The number of amides is 1. The normalized spacial score (nSPS) is 10.5. The van der Waals surface area contributed by atoms with Crippen LogP contribution >= 0.6 is 11.3 Å². The summed E-state index contributed by atoms with van der Waals surface area (Å²) in [7, 11) is 1.65. The van der Waals surface area contributed by atoms with Crippen LogP contribution in [0.15, 0.2) is 48.8 Å². The molecule has 0 aliphatic heterocycles. The molecule has 1 N–H and O–H groups in total. The standard InChI is InChI=1S/C17H17N3O2S/c1-12-6-7-16(23-12)17(21)19-14-9-18-20(11-14)10-13-4-3-5-15(8-13)22-2/h3-9,11H,10H2,1-2H3,(H,19,21). The van der Waals surface area contributed by atoms with E-state index >= 15 is 0 Å². The van der Waals surface area contributed by atoms with E-state index in [-0.39, 0.29) is 5.91 Å². The zero-order chi connectivity index (χ0) is 16.2. The maximum absolute atomic E-state index is 12.1. The summed E-state index contributed by atoms with van der Waals surface area (Å²) in [6.45, 7) is 2.60. The van der Waals surface area contributed by atoms with Gasteiger partial charge in [-0.1, -0.05) is 12.1 Å². The number of rotatable bonds is 5. The molecule has 0 saturated carbocycles. The van der Waals surface area contributed by atoms with Gasteiger partial charge in [0.25, 0.3) is 5.91 Å². The maximum atomic E-state index is 12.1. The SMILES string of the molecule is COc1cccc(Cn2cc(NC(=O)c3ccc(C)s3)cn2)c1. The molecule has 0 aliphatic rings. The Labute approximate surface area is 138 Å². The van der Waals surface area contributed by atoms with Crippen LogP contribution in [-0.2, 0) is 6.54 Å². The van der Waals surface area contributed by atoms with Gasteiger partial charge in [0.05, 0.1) is 30.4 Å². The summed E-state index contributed by atoms with van der Waals surface area (Å²) in [5.41, 5.74) is 1.77. The lowest BCUT2D eigenvalue weighted by atomic mass is 10.2. The van der Waals surface area contributed by atoms with Crippen molar-refractivity contribution in [1.29, 1.82) is 0 Å². The number of hydrogen-bond acceptors (Lipinski definition) is 4. The third kappa shape index (κ3) is 3.78. The quantitative estimate of drug-likeness (QED) is 0.779. The molecule has 0 atom stereocenters. The number of aryl methyl sites for hydroxylation is 1. The average Bonchev–Trinajstić information content (AvgIpc) is 3.16. The van der Waals surface area contributed by atoms with E-state index in [1.807, 2.05) is 49.5 Å². The van der Waals surface area contributed by atoms with Crippen LogP contribution in [0.3, 0.4) is 0 Å². The zero-order valence-electron chi connectivity index (χ0n) is 12.9. The Morgan fingerprint density at radius 3 is 2.96 bits per heavy atom. The topological polar surface area (TPSA) is 56.1 Å². The highest BCUT2D eigenvalue weighted by molar-refractivity contribution is 7.14. The summed E-state index contributed by atoms with van der Waals surface area (Å²) in [5, 5.41) is 7.15. The molecule has 1 amide bonds. The van der Waals surface area contributed by atoms with Gasteiger partial charge in [0, 0.05) is 11.1 Å².